The number of ketones is 1. The summed E-state index contributed by atoms with van der Waals surface area (Å²) in [6.07, 6.45) is 0. The summed E-state index contributed by atoms with van der Waals surface area (Å²) in [7, 11) is 0. The maximum Gasteiger partial charge on any atom is 0.325 e. The molecule has 0 aromatic heterocycles. The van der Waals surface area contributed by atoms with E-state index in [0.717, 1.165) is 14.0 Å². The molecular weight excluding hydrogens is 431 g/mol. The Morgan fingerprint density at radius 3 is 2.28 bits per heavy atom. The van der Waals surface area contributed by atoms with Gasteiger partial charge in [-0.1, -0.05) is 42.0 Å². The van der Waals surface area contributed by atoms with E-state index in [1.54, 1.807) is 19.1 Å². The van der Waals surface area contributed by atoms with E-state index in [4.69, 9.17) is 0 Å². The van der Waals surface area contributed by atoms with Crippen molar-refractivity contribution in [3.05, 3.63) is 68.8 Å². The van der Waals surface area contributed by atoms with Crippen molar-refractivity contribution < 1.29 is 14.4 Å². The number of hydrogen-bond donors (Lipinski definition) is 1. The van der Waals surface area contributed by atoms with Gasteiger partial charge in [-0.3, -0.25) is 14.5 Å². The van der Waals surface area contributed by atoms with Gasteiger partial charge in [-0.2, -0.15) is 0 Å². The fraction of sp³-hybridized carbons (Fsp3) is 0.211. The first kappa shape index (κ1) is 17.6. The van der Waals surface area contributed by atoms with Gasteiger partial charge in [0.15, 0.2) is 5.78 Å². The molecule has 128 valence electrons. The first-order chi connectivity index (χ1) is 11.8. The van der Waals surface area contributed by atoms with Crippen LogP contribution in [-0.4, -0.2) is 29.2 Å². The van der Waals surface area contributed by atoms with E-state index in [2.05, 4.69) is 27.9 Å². The zero-order valence-corrected chi connectivity index (χ0v) is 16.0. The molecule has 1 atom stereocenters. The van der Waals surface area contributed by atoms with Crippen LogP contribution in [0.4, 0.5) is 4.79 Å². The number of imide groups is 1. The number of halogens is 1. The topological polar surface area (TPSA) is 66.5 Å². The van der Waals surface area contributed by atoms with E-state index in [1.807, 2.05) is 43.3 Å². The molecule has 0 saturated carbocycles. The van der Waals surface area contributed by atoms with Crippen LogP contribution in [0, 0.1) is 10.5 Å². The maximum absolute atomic E-state index is 12.8. The lowest BCUT2D eigenvalue weighted by atomic mass is 9.91. The largest absolute Gasteiger partial charge is 0.325 e. The van der Waals surface area contributed by atoms with Crippen LogP contribution in [0.5, 0.6) is 0 Å². The minimum atomic E-state index is -1.16. The summed E-state index contributed by atoms with van der Waals surface area (Å²) in [5, 5.41) is 2.72. The Kier molecular flexibility index (Phi) is 4.64. The molecule has 5 nitrogen and oxygen atoms in total. The Labute approximate surface area is 159 Å². The minimum absolute atomic E-state index is 0.270. The van der Waals surface area contributed by atoms with Crippen LogP contribution in [0.25, 0.3) is 0 Å². The number of Topliss-reactive ketones (excluding diaryl/α,β-unsaturated/α-hetero) is 1. The zero-order chi connectivity index (χ0) is 18.2. The lowest BCUT2D eigenvalue weighted by molar-refractivity contribution is -0.130. The number of carbonyl (C=O) groups is 3. The predicted molar refractivity (Wildman–Crippen MR) is 102 cm³/mol. The van der Waals surface area contributed by atoms with Crippen LogP contribution in [0.2, 0.25) is 0 Å². The normalized spacial score (nSPS) is 19.9. The van der Waals surface area contributed by atoms with Crippen molar-refractivity contribution in [1.29, 1.82) is 0 Å². The van der Waals surface area contributed by atoms with Crippen molar-refractivity contribution in [3.8, 4) is 0 Å². The Hall–Kier alpha value is -2.22. The summed E-state index contributed by atoms with van der Waals surface area (Å²) in [6.45, 7) is 3.34. The number of aryl methyl sites for hydroxylation is 1. The van der Waals surface area contributed by atoms with Gasteiger partial charge in [-0.25, -0.2) is 4.79 Å². The summed E-state index contributed by atoms with van der Waals surface area (Å²) in [5.74, 6) is -0.687. The monoisotopic (exact) mass is 448 g/mol. The van der Waals surface area contributed by atoms with Crippen LogP contribution in [0.15, 0.2) is 48.5 Å². The SMILES string of the molecule is Cc1ccc(C2(C)NC(=O)N(CC(=O)c3ccc(I)cc3)C2=O)cc1. The fourth-order valence-corrected chi connectivity index (χ4v) is 3.15. The van der Waals surface area contributed by atoms with E-state index >= 15 is 0 Å². The van der Waals surface area contributed by atoms with Gasteiger partial charge in [-0.15, -0.1) is 0 Å². The number of urea groups is 1. The molecule has 3 amide bonds. The second kappa shape index (κ2) is 6.59. The third-order valence-corrected chi connectivity index (χ3v) is 5.09. The number of hydrogen-bond acceptors (Lipinski definition) is 3. The van der Waals surface area contributed by atoms with Gasteiger partial charge in [0.05, 0.1) is 6.54 Å². The molecule has 0 radical (unpaired) electrons. The van der Waals surface area contributed by atoms with E-state index in [9.17, 15) is 14.4 Å². The first-order valence-electron chi connectivity index (χ1n) is 7.81. The van der Waals surface area contributed by atoms with Crippen LogP contribution in [-0.2, 0) is 10.3 Å². The van der Waals surface area contributed by atoms with Crippen LogP contribution < -0.4 is 5.32 Å². The van der Waals surface area contributed by atoms with Gasteiger partial charge < -0.3 is 5.32 Å². The first-order valence-corrected chi connectivity index (χ1v) is 8.89. The highest BCUT2D eigenvalue weighted by Gasteiger charge is 2.49. The summed E-state index contributed by atoms with van der Waals surface area (Å²) in [4.78, 5) is 38.5. The number of benzene rings is 2. The van der Waals surface area contributed by atoms with Crippen LogP contribution in [0.3, 0.4) is 0 Å². The molecule has 6 heteroatoms. The molecule has 1 aliphatic heterocycles. The van der Waals surface area contributed by atoms with Gasteiger partial charge in [-0.05, 0) is 54.1 Å². The van der Waals surface area contributed by atoms with Crippen molar-refractivity contribution in [2.24, 2.45) is 0 Å². The van der Waals surface area contributed by atoms with E-state index in [-0.39, 0.29) is 12.3 Å². The second-order valence-corrected chi connectivity index (χ2v) is 7.49. The lowest BCUT2D eigenvalue weighted by Crippen LogP contribution is -2.41. The van der Waals surface area contributed by atoms with Gasteiger partial charge >= 0.3 is 6.03 Å². The third kappa shape index (κ3) is 3.30. The van der Waals surface area contributed by atoms with E-state index < -0.39 is 17.5 Å². The Morgan fingerprint density at radius 1 is 1.08 bits per heavy atom. The smallest absolute Gasteiger partial charge is 0.319 e. The average Bonchev–Trinajstić information content (AvgIpc) is 2.80. The summed E-state index contributed by atoms with van der Waals surface area (Å²) >= 11 is 2.15. The van der Waals surface area contributed by atoms with Gasteiger partial charge in [0.25, 0.3) is 5.91 Å². The maximum atomic E-state index is 12.8. The van der Waals surface area contributed by atoms with Crippen molar-refractivity contribution in [2.45, 2.75) is 19.4 Å². The highest BCUT2D eigenvalue weighted by Crippen LogP contribution is 2.29. The molecular formula is C19H17IN2O3. The molecule has 3 rings (SSSR count). The molecule has 1 heterocycles. The molecule has 0 aliphatic carbocycles. The number of nitrogens with one attached hydrogen (secondary N) is 1. The molecule has 2 aromatic carbocycles. The summed E-state index contributed by atoms with van der Waals surface area (Å²) < 4.78 is 1.01. The van der Waals surface area contributed by atoms with Gasteiger partial charge in [0.1, 0.15) is 5.54 Å². The van der Waals surface area contributed by atoms with E-state index in [1.165, 1.54) is 0 Å². The highest BCUT2D eigenvalue weighted by molar-refractivity contribution is 14.1. The Balaban J connectivity index is 1.82. The van der Waals surface area contributed by atoms with Crippen molar-refractivity contribution in [2.75, 3.05) is 6.54 Å². The highest BCUT2D eigenvalue weighted by atomic mass is 127. The number of nitrogens with zero attached hydrogens (tertiary/aromatic N) is 1. The number of rotatable bonds is 4. The Bertz CT molecular complexity index is 846. The zero-order valence-electron chi connectivity index (χ0n) is 13.9. The fourth-order valence-electron chi connectivity index (χ4n) is 2.79. The van der Waals surface area contributed by atoms with Crippen LogP contribution >= 0.6 is 22.6 Å². The molecule has 0 spiro atoms. The van der Waals surface area contributed by atoms with Crippen LogP contribution in [0.1, 0.15) is 28.4 Å². The van der Waals surface area contributed by atoms with Crippen molar-refractivity contribution in [1.82, 2.24) is 10.2 Å². The predicted octanol–water partition coefficient (Wildman–Crippen LogP) is 3.25. The quantitative estimate of drug-likeness (QED) is 0.444. The number of carbonyl (C=O) groups excluding carboxylic acids is 3. The number of amides is 3. The average molecular weight is 448 g/mol. The molecule has 25 heavy (non-hydrogen) atoms. The minimum Gasteiger partial charge on any atom is -0.319 e. The van der Waals surface area contributed by atoms with E-state index in [0.29, 0.717) is 11.1 Å². The molecule has 0 bridgehead atoms. The van der Waals surface area contributed by atoms with Crippen molar-refractivity contribution >= 4 is 40.3 Å². The Morgan fingerprint density at radius 2 is 1.68 bits per heavy atom. The lowest BCUT2D eigenvalue weighted by Gasteiger charge is -2.22. The third-order valence-electron chi connectivity index (χ3n) is 4.37. The molecule has 1 aliphatic rings. The van der Waals surface area contributed by atoms with Crippen molar-refractivity contribution in [3.63, 3.8) is 0 Å². The molecule has 1 N–H and O–H groups in total. The summed E-state index contributed by atoms with van der Waals surface area (Å²) in [5.41, 5.74) is 1.08. The molecule has 1 saturated heterocycles. The van der Waals surface area contributed by atoms with Gasteiger partial charge in [0.2, 0.25) is 0 Å². The molecule has 1 unspecified atom stereocenters. The van der Waals surface area contributed by atoms with Gasteiger partial charge in [0, 0.05) is 9.13 Å². The molecule has 2 aromatic rings. The second-order valence-electron chi connectivity index (χ2n) is 6.24. The summed E-state index contributed by atoms with van der Waals surface area (Å²) in [6, 6.07) is 13.9. The molecule has 1 fully saturated rings. The standard InChI is InChI=1S/C19H17IN2O3/c1-12-3-7-14(8-4-12)19(2)17(24)22(18(25)21-19)11-16(23)13-5-9-15(20)10-6-13/h3-10H,11H2,1-2H3,(H,21,25).